The van der Waals surface area contributed by atoms with Crippen LogP contribution in [0.25, 0.3) is 10.9 Å². The lowest BCUT2D eigenvalue weighted by molar-refractivity contribution is -0.138. The zero-order valence-corrected chi connectivity index (χ0v) is 14.3. The summed E-state index contributed by atoms with van der Waals surface area (Å²) in [7, 11) is 0. The van der Waals surface area contributed by atoms with Crippen LogP contribution in [0.4, 0.5) is 5.82 Å². The molecule has 2 atom stereocenters. The molecule has 1 aliphatic rings. The summed E-state index contributed by atoms with van der Waals surface area (Å²) in [5.74, 6) is 0.734. The maximum atomic E-state index is 11.1. The van der Waals surface area contributed by atoms with Crippen LogP contribution in [0.1, 0.15) is 18.9 Å². The van der Waals surface area contributed by atoms with E-state index in [2.05, 4.69) is 14.9 Å². The molecule has 2 heterocycles. The van der Waals surface area contributed by atoms with E-state index >= 15 is 0 Å². The molecule has 0 spiro atoms. The van der Waals surface area contributed by atoms with Crippen molar-refractivity contribution in [1.82, 2.24) is 9.55 Å². The van der Waals surface area contributed by atoms with Gasteiger partial charge >= 0.3 is 5.97 Å². The molecular formula is C20H21N3O3. The number of anilines is 1. The van der Waals surface area contributed by atoms with Crippen LogP contribution in [0.15, 0.2) is 54.9 Å². The van der Waals surface area contributed by atoms with E-state index in [4.69, 9.17) is 9.84 Å². The number of nitrogens with one attached hydrogen (secondary N) is 1. The van der Waals surface area contributed by atoms with Crippen molar-refractivity contribution in [3.63, 3.8) is 0 Å². The summed E-state index contributed by atoms with van der Waals surface area (Å²) < 4.78 is 7.90. The summed E-state index contributed by atoms with van der Waals surface area (Å²) in [6.45, 7) is 1.42. The Labute approximate surface area is 151 Å². The number of carboxylic acid groups (broad SMARTS) is 1. The molecule has 2 unspecified atom stereocenters. The zero-order valence-electron chi connectivity index (χ0n) is 14.3. The topological polar surface area (TPSA) is 76.4 Å². The van der Waals surface area contributed by atoms with Crippen LogP contribution in [-0.2, 0) is 4.79 Å². The summed E-state index contributed by atoms with van der Waals surface area (Å²) in [6.07, 6.45) is 5.32. The fraction of sp³-hybridized carbons (Fsp3) is 0.300. The number of aliphatic carboxylic acids is 1. The van der Waals surface area contributed by atoms with E-state index in [0.717, 1.165) is 35.4 Å². The summed E-state index contributed by atoms with van der Waals surface area (Å²) in [5, 5.41) is 13.4. The van der Waals surface area contributed by atoms with Crippen LogP contribution in [0.3, 0.4) is 0 Å². The molecule has 2 N–H and O–H groups in total. The third-order valence-corrected chi connectivity index (χ3v) is 4.68. The van der Waals surface area contributed by atoms with Crippen LogP contribution >= 0.6 is 0 Å². The number of carboxylic acids is 1. The van der Waals surface area contributed by atoms with Crippen LogP contribution < -0.4 is 10.1 Å². The highest BCUT2D eigenvalue weighted by molar-refractivity contribution is 5.83. The number of carbonyl (C=O) groups is 1. The maximum absolute atomic E-state index is 11.1. The largest absolute Gasteiger partial charge is 0.494 e. The number of pyridine rings is 1. The smallest absolute Gasteiger partial charge is 0.308 e. The molecule has 1 aliphatic carbocycles. The third-order valence-electron chi connectivity index (χ3n) is 4.68. The molecule has 1 fully saturated rings. The minimum atomic E-state index is -0.712. The number of ether oxygens (including phenoxy) is 1. The van der Waals surface area contributed by atoms with Gasteiger partial charge in [0, 0.05) is 35.9 Å². The second-order valence-corrected chi connectivity index (χ2v) is 6.54. The first-order chi connectivity index (χ1) is 12.7. The van der Waals surface area contributed by atoms with Gasteiger partial charge in [0.05, 0.1) is 12.5 Å². The number of hydrogen-bond acceptors (Lipinski definition) is 4. The lowest BCUT2D eigenvalue weighted by Gasteiger charge is -2.09. The third kappa shape index (κ3) is 3.49. The van der Waals surface area contributed by atoms with E-state index < -0.39 is 5.97 Å². The minimum Gasteiger partial charge on any atom is -0.494 e. The highest BCUT2D eigenvalue weighted by atomic mass is 16.5. The van der Waals surface area contributed by atoms with Gasteiger partial charge in [0.25, 0.3) is 0 Å². The van der Waals surface area contributed by atoms with Gasteiger partial charge in [-0.2, -0.15) is 0 Å². The van der Waals surface area contributed by atoms with Crippen molar-refractivity contribution in [1.29, 1.82) is 0 Å². The Morgan fingerprint density at radius 2 is 2.23 bits per heavy atom. The molecule has 3 aromatic rings. The van der Waals surface area contributed by atoms with Crippen LogP contribution in [0.2, 0.25) is 0 Å². The molecule has 1 saturated carbocycles. The molecular weight excluding hydrogens is 330 g/mol. The Balaban J connectivity index is 1.30. The Hall–Kier alpha value is -3.02. The predicted octanol–water partition coefficient (Wildman–Crippen LogP) is 3.56. The number of fused-ring (bicyclic) bond motifs is 1. The molecule has 0 amide bonds. The van der Waals surface area contributed by atoms with Gasteiger partial charge in [-0.15, -0.1) is 0 Å². The maximum Gasteiger partial charge on any atom is 0.308 e. The normalized spacial score (nSPS) is 18.6. The molecule has 26 heavy (non-hydrogen) atoms. The predicted molar refractivity (Wildman–Crippen MR) is 99.6 cm³/mol. The van der Waals surface area contributed by atoms with E-state index in [9.17, 15) is 4.79 Å². The quantitative estimate of drug-likeness (QED) is 0.607. The average molecular weight is 351 g/mol. The fourth-order valence-corrected chi connectivity index (χ4v) is 3.22. The first-order valence-corrected chi connectivity index (χ1v) is 8.83. The van der Waals surface area contributed by atoms with E-state index in [1.165, 1.54) is 0 Å². The number of rotatable bonds is 8. The molecule has 1 aromatic carbocycles. The molecule has 0 saturated heterocycles. The first kappa shape index (κ1) is 16.4. The minimum absolute atomic E-state index is 0.0782. The standard InChI is InChI=1S/C20H21N3O3/c24-20(25)16-13-18(16)23-10-7-14-12-15(5-6-17(14)23)26-11-3-9-22-19-4-1-2-8-21-19/h1-2,4-8,10,12,16,18H,3,9,11,13H2,(H,21,22)(H,24,25). The van der Waals surface area contributed by atoms with Crippen LogP contribution in [0.5, 0.6) is 5.75 Å². The van der Waals surface area contributed by atoms with Gasteiger partial charge in [0.15, 0.2) is 0 Å². The molecule has 2 aromatic heterocycles. The van der Waals surface area contributed by atoms with Gasteiger partial charge in [-0.3, -0.25) is 4.79 Å². The second-order valence-electron chi connectivity index (χ2n) is 6.54. The van der Waals surface area contributed by atoms with Crippen molar-refractivity contribution < 1.29 is 14.6 Å². The van der Waals surface area contributed by atoms with Crippen molar-refractivity contribution >= 4 is 22.7 Å². The first-order valence-electron chi connectivity index (χ1n) is 8.83. The number of aromatic nitrogens is 2. The summed E-state index contributed by atoms with van der Waals surface area (Å²) >= 11 is 0. The Kier molecular flexibility index (Phi) is 4.48. The second kappa shape index (κ2) is 7.07. The van der Waals surface area contributed by atoms with Gasteiger partial charge in [0.1, 0.15) is 11.6 Å². The van der Waals surface area contributed by atoms with Crippen molar-refractivity contribution in [2.75, 3.05) is 18.5 Å². The Morgan fingerprint density at radius 3 is 3.00 bits per heavy atom. The monoisotopic (exact) mass is 351 g/mol. The molecule has 6 heteroatoms. The zero-order chi connectivity index (χ0) is 17.9. The Morgan fingerprint density at radius 1 is 1.31 bits per heavy atom. The SMILES string of the molecule is O=C(O)C1CC1n1ccc2cc(OCCCNc3ccccn3)ccc21. The van der Waals surface area contributed by atoms with Gasteiger partial charge in [-0.1, -0.05) is 6.07 Å². The van der Waals surface area contributed by atoms with Gasteiger partial charge in [-0.25, -0.2) is 4.98 Å². The van der Waals surface area contributed by atoms with Crippen molar-refractivity contribution in [3.8, 4) is 5.75 Å². The van der Waals surface area contributed by atoms with E-state index in [1.54, 1.807) is 6.20 Å². The highest BCUT2D eigenvalue weighted by Crippen LogP contribution is 2.45. The summed E-state index contributed by atoms with van der Waals surface area (Å²) in [4.78, 5) is 15.3. The van der Waals surface area contributed by atoms with E-state index in [0.29, 0.717) is 13.0 Å². The van der Waals surface area contributed by atoms with Gasteiger partial charge in [0.2, 0.25) is 0 Å². The van der Waals surface area contributed by atoms with Crippen molar-refractivity contribution in [2.45, 2.75) is 18.9 Å². The van der Waals surface area contributed by atoms with Crippen LogP contribution in [0, 0.1) is 5.92 Å². The number of benzene rings is 1. The lowest BCUT2D eigenvalue weighted by Crippen LogP contribution is -2.08. The van der Waals surface area contributed by atoms with E-state index in [-0.39, 0.29) is 12.0 Å². The van der Waals surface area contributed by atoms with Gasteiger partial charge in [-0.05, 0) is 49.2 Å². The van der Waals surface area contributed by atoms with Crippen molar-refractivity contribution in [3.05, 3.63) is 54.9 Å². The molecule has 4 rings (SSSR count). The Bertz CT molecular complexity index is 907. The number of nitrogens with zero attached hydrogens (tertiary/aromatic N) is 2. The molecule has 0 aliphatic heterocycles. The lowest BCUT2D eigenvalue weighted by atomic mass is 10.2. The molecule has 6 nitrogen and oxygen atoms in total. The highest BCUT2D eigenvalue weighted by Gasteiger charge is 2.44. The molecule has 0 bridgehead atoms. The average Bonchev–Trinajstić information content (AvgIpc) is 3.35. The van der Waals surface area contributed by atoms with Crippen molar-refractivity contribution in [2.24, 2.45) is 5.92 Å². The number of hydrogen-bond donors (Lipinski definition) is 2. The van der Waals surface area contributed by atoms with Crippen LogP contribution in [-0.4, -0.2) is 33.8 Å². The molecule has 134 valence electrons. The summed E-state index contributed by atoms with van der Waals surface area (Å²) in [5.41, 5.74) is 1.06. The fourth-order valence-electron chi connectivity index (χ4n) is 3.22. The molecule has 0 radical (unpaired) electrons. The van der Waals surface area contributed by atoms with E-state index in [1.807, 2.05) is 48.7 Å². The van der Waals surface area contributed by atoms with Gasteiger partial charge < -0.3 is 19.7 Å². The summed E-state index contributed by atoms with van der Waals surface area (Å²) in [6, 6.07) is 13.8.